The van der Waals surface area contributed by atoms with Gasteiger partial charge in [0.15, 0.2) is 0 Å². The van der Waals surface area contributed by atoms with E-state index in [1.54, 1.807) is 18.2 Å². The number of hydrogen-bond donors (Lipinski definition) is 1. The van der Waals surface area contributed by atoms with Crippen LogP contribution >= 0.6 is 0 Å². The second-order valence-corrected chi connectivity index (χ2v) is 7.86. The first kappa shape index (κ1) is 16.9. The molecule has 1 aromatic carbocycles. The highest BCUT2D eigenvalue weighted by atomic mass is 19.1. The van der Waals surface area contributed by atoms with Crippen molar-refractivity contribution in [3.8, 4) is 0 Å². The largest absolute Gasteiger partial charge is 0.346 e. The van der Waals surface area contributed by atoms with E-state index in [2.05, 4.69) is 26.1 Å². The fraction of sp³-hybridized carbons (Fsp3) is 0.500. The lowest BCUT2D eigenvalue weighted by atomic mass is 9.69. The highest BCUT2D eigenvalue weighted by Crippen LogP contribution is 2.65. The van der Waals surface area contributed by atoms with Gasteiger partial charge in [-0.25, -0.2) is 4.39 Å². The topological polar surface area (TPSA) is 46.2 Å². The summed E-state index contributed by atoms with van der Waals surface area (Å²) in [6.07, 6.45) is 5.70. The number of carbonyl (C=O) groups excluding carboxylic acids is 2. The summed E-state index contributed by atoms with van der Waals surface area (Å²) in [5.41, 5.74) is 0.506. The molecule has 0 heterocycles. The van der Waals surface area contributed by atoms with Gasteiger partial charge in [-0.05, 0) is 54.2 Å². The van der Waals surface area contributed by atoms with Crippen molar-refractivity contribution in [1.82, 2.24) is 5.32 Å². The van der Waals surface area contributed by atoms with E-state index < -0.39 is 17.5 Å². The van der Waals surface area contributed by atoms with Crippen LogP contribution in [0.1, 0.15) is 45.6 Å². The molecule has 3 atom stereocenters. The Balaban J connectivity index is 1.66. The summed E-state index contributed by atoms with van der Waals surface area (Å²) in [6, 6.07) is 6.19. The Hall–Kier alpha value is -1.97. The normalized spacial score (nSPS) is 30.7. The van der Waals surface area contributed by atoms with Crippen LogP contribution in [-0.2, 0) is 9.59 Å². The van der Waals surface area contributed by atoms with Crippen LogP contribution in [0.2, 0.25) is 0 Å². The van der Waals surface area contributed by atoms with Crippen molar-refractivity contribution >= 4 is 17.8 Å². The number of nitrogens with one attached hydrogen (secondary N) is 1. The predicted molar refractivity (Wildman–Crippen MR) is 91.6 cm³/mol. The van der Waals surface area contributed by atoms with Gasteiger partial charge < -0.3 is 5.32 Å². The Morgan fingerprint density at radius 2 is 1.96 bits per heavy atom. The fourth-order valence-corrected chi connectivity index (χ4v) is 4.50. The lowest BCUT2D eigenvalue weighted by Crippen LogP contribution is -2.48. The molecule has 24 heavy (non-hydrogen) atoms. The number of fused-ring (bicyclic) bond motifs is 2. The zero-order valence-electron chi connectivity index (χ0n) is 14.4. The van der Waals surface area contributed by atoms with Crippen molar-refractivity contribution < 1.29 is 14.0 Å². The number of ketones is 1. The highest BCUT2D eigenvalue weighted by Gasteiger charge is 2.61. The second kappa shape index (κ2) is 5.83. The molecule has 2 aliphatic rings. The molecule has 0 saturated heterocycles. The highest BCUT2D eigenvalue weighted by molar-refractivity contribution is 6.41. The first-order valence-electron chi connectivity index (χ1n) is 8.53. The van der Waals surface area contributed by atoms with Gasteiger partial charge in [0, 0.05) is 11.6 Å². The average molecular weight is 329 g/mol. The first-order valence-corrected chi connectivity index (χ1v) is 8.53. The molecule has 1 amide bonds. The summed E-state index contributed by atoms with van der Waals surface area (Å²) in [5.74, 6) is -1.05. The maximum absolute atomic E-state index is 13.5. The van der Waals surface area contributed by atoms with Gasteiger partial charge in [0.05, 0.1) is 0 Å². The summed E-state index contributed by atoms with van der Waals surface area (Å²) < 4.78 is 13.5. The number of benzene rings is 1. The average Bonchev–Trinajstić information content (AvgIpc) is 2.87. The molecule has 128 valence electrons. The van der Waals surface area contributed by atoms with Crippen molar-refractivity contribution in [2.45, 2.75) is 46.1 Å². The van der Waals surface area contributed by atoms with Gasteiger partial charge >= 0.3 is 0 Å². The van der Waals surface area contributed by atoms with Crippen LogP contribution in [0, 0.1) is 22.6 Å². The Morgan fingerprint density at radius 1 is 1.25 bits per heavy atom. The molecule has 0 spiro atoms. The SMILES string of the molecule is CC1(C)[C@@H]2CC[C@@]1(C)[C@@H](NC(=O)C(=O)/C=C/c1ccccc1F)C2. The van der Waals surface area contributed by atoms with Crippen molar-refractivity contribution in [1.29, 1.82) is 0 Å². The van der Waals surface area contributed by atoms with Crippen molar-refractivity contribution in [2.24, 2.45) is 16.7 Å². The molecule has 2 saturated carbocycles. The van der Waals surface area contributed by atoms with E-state index in [1.807, 2.05) is 0 Å². The quantitative estimate of drug-likeness (QED) is 0.676. The molecular formula is C20H24FNO2. The predicted octanol–water partition coefficient (Wildman–Crippen LogP) is 3.74. The molecule has 0 unspecified atom stereocenters. The standard InChI is InChI=1S/C20H24FNO2/c1-19(2)14-10-11-20(19,3)17(12-14)22-18(24)16(23)9-8-13-6-4-5-7-15(13)21/h4-9,14,17H,10-12H2,1-3H3,(H,22,24)/b9-8+/t14-,17+,20+/m1/s1. The molecule has 1 N–H and O–H groups in total. The van der Waals surface area contributed by atoms with Crippen LogP contribution in [-0.4, -0.2) is 17.7 Å². The van der Waals surface area contributed by atoms with Crippen LogP contribution in [0.25, 0.3) is 6.08 Å². The van der Waals surface area contributed by atoms with E-state index in [-0.39, 0.29) is 16.9 Å². The third kappa shape index (κ3) is 2.58. The monoisotopic (exact) mass is 329 g/mol. The summed E-state index contributed by atoms with van der Waals surface area (Å²) in [7, 11) is 0. The number of hydrogen-bond acceptors (Lipinski definition) is 2. The molecule has 0 aliphatic heterocycles. The summed E-state index contributed by atoms with van der Waals surface area (Å²) in [6.45, 7) is 6.73. The lowest BCUT2D eigenvalue weighted by Gasteiger charge is -2.39. The van der Waals surface area contributed by atoms with E-state index in [4.69, 9.17) is 0 Å². The van der Waals surface area contributed by atoms with Gasteiger partial charge in [-0.15, -0.1) is 0 Å². The number of amides is 1. The van der Waals surface area contributed by atoms with Gasteiger partial charge in [-0.1, -0.05) is 39.0 Å². The van der Waals surface area contributed by atoms with E-state index in [1.165, 1.54) is 18.6 Å². The minimum absolute atomic E-state index is 0.0306. The first-order chi connectivity index (χ1) is 11.3. The molecular weight excluding hydrogens is 305 g/mol. The van der Waals surface area contributed by atoms with Crippen LogP contribution in [0.4, 0.5) is 4.39 Å². The summed E-state index contributed by atoms with van der Waals surface area (Å²) >= 11 is 0. The second-order valence-electron chi connectivity index (χ2n) is 7.86. The van der Waals surface area contributed by atoms with Gasteiger partial charge in [0.25, 0.3) is 5.91 Å². The van der Waals surface area contributed by atoms with Gasteiger partial charge in [0.1, 0.15) is 5.82 Å². The molecule has 0 radical (unpaired) electrons. The molecule has 4 heteroatoms. The minimum atomic E-state index is -0.637. The molecule has 1 aromatic rings. The zero-order valence-corrected chi connectivity index (χ0v) is 14.4. The Labute approximate surface area is 142 Å². The Morgan fingerprint density at radius 3 is 2.54 bits per heavy atom. The number of rotatable bonds is 4. The smallest absolute Gasteiger partial charge is 0.291 e. The molecule has 2 aliphatic carbocycles. The third-order valence-corrected chi connectivity index (χ3v) is 6.64. The molecule has 2 bridgehead atoms. The van der Waals surface area contributed by atoms with E-state index >= 15 is 0 Å². The Bertz CT molecular complexity index is 709. The summed E-state index contributed by atoms with van der Waals surface area (Å²) in [5, 5.41) is 2.92. The van der Waals surface area contributed by atoms with Crippen LogP contribution in [0.3, 0.4) is 0 Å². The Kier molecular flexibility index (Phi) is 4.10. The van der Waals surface area contributed by atoms with Crippen LogP contribution < -0.4 is 5.32 Å². The van der Waals surface area contributed by atoms with E-state index in [0.717, 1.165) is 18.9 Å². The number of carbonyl (C=O) groups is 2. The van der Waals surface area contributed by atoms with Gasteiger partial charge in [0.2, 0.25) is 5.78 Å². The molecule has 2 fully saturated rings. The molecule has 0 aromatic heterocycles. The van der Waals surface area contributed by atoms with Crippen molar-refractivity contribution in [2.75, 3.05) is 0 Å². The van der Waals surface area contributed by atoms with E-state index in [0.29, 0.717) is 11.5 Å². The molecule has 3 nitrogen and oxygen atoms in total. The maximum Gasteiger partial charge on any atom is 0.291 e. The van der Waals surface area contributed by atoms with Crippen LogP contribution in [0.15, 0.2) is 30.3 Å². The molecule has 3 rings (SSSR count). The van der Waals surface area contributed by atoms with Gasteiger partial charge in [-0.2, -0.15) is 0 Å². The van der Waals surface area contributed by atoms with E-state index in [9.17, 15) is 14.0 Å². The van der Waals surface area contributed by atoms with Crippen molar-refractivity contribution in [3.63, 3.8) is 0 Å². The zero-order chi connectivity index (χ0) is 17.5. The fourth-order valence-electron chi connectivity index (χ4n) is 4.50. The third-order valence-electron chi connectivity index (χ3n) is 6.64. The summed E-state index contributed by atoms with van der Waals surface area (Å²) in [4.78, 5) is 24.3. The van der Waals surface area contributed by atoms with Crippen molar-refractivity contribution in [3.05, 3.63) is 41.7 Å². The maximum atomic E-state index is 13.5. The lowest BCUT2D eigenvalue weighted by molar-refractivity contribution is -0.136. The van der Waals surface area contributed by atoms with Gasteiger partial charge in [-0.3, -0.25) is 9.59 Å². The van der Waals surface area contributed by atoms with Crippen LogP contribution in [0.5, 0.6) is 0 Å². The number of halogens is 1. The minimum Gasteiger partial charge on any atom is -0.346 e.